The summed E-state index contributed by atoms with van der Waals surface area (Å²) in [5.41, 5.74) is 0. The Hall–Kier alpha value is -0.170. The zero-order valence-corrected chi connectivity index (χ0v) is 11.2. The van der Waals surface area contributed by atoms with Crippen molar-refractivity contribution in [2.45, 2.75) is 51.2 Å². The maximum Gasteiger partial charge on any atom is 0.279 e. The van der Waals surface area contributed by atoms with E-state index in [0.717, 1.165) is 38.7 Å². The van der Waals surface area contributed by atoms with Crippen LogP contribution in [0.5, 0.6) is 0 Å². The second kappa shape index (κ2) is 5.65. The highest BCUT2D eigenvalue weighted by Crippen LogP contribution is 2.17. The van der Waals surface area contributed by atoms with Gasteiger partial charge in [0.05, 0.1) is 6.10 Å². The average molecular weight is 262 g/mol. The van der Waals surface area contributed by atoms with E-state index in [-0.39, 0.29) is 12.1 Å². The van der Waals surface area contributed by atoms with Gasteiger partial charge >= 0.3 is 0 Å². The minimum atomic E-state index is -3.32. The van der Waals surface area contributed by atoms with E-state index in [1.807, 2.05) is 6.92 Å². The van der Waals surface area contributed by atoms with Crippen molar-refractivity contribution in [2.24, 2.45) is 0 Å². The molecule has 5 nitrogen and oxygen atoms in total. The zero-order valence-electron chi connectivity index (χ0n) is 10.4. The normalized spacial score (nSPS) is 29.4. The molecule has 0 radical (unpaired) electrons. The van der Waals surface area contributed by atoms with Crippen LogP contribution < -0.4 is 4.72 Å². The van der Waals surface area contributed by atoms with E-state index in [1.54, 1.807) is 4.31 Å². The summed E-state index contributed by atoms with van der Waals surface area (Å²) < 4.78 is 34.0. The summed E-state index contributed by atoms with van der Waals surface area (Å²) in [6.07, 6.45) is 5.08. The molecule has 2 heterocycles. The van der Waals surface area contributed by atoms with E-state index in [4.69, 9.17) is 4.74 Å². The second-order valence-electron chi connectivity index (χ2n) is 4.92. The fraction of sp³-hybridized carbons (Fsp3) is 1.00. The first-order valence-corrected chi connectivity index (χ1v) is 7.92. The van der Waals surface area contributed by atoms with Crippen LogP contribution in [0.1, 0.15) is 39.0 Å². The van der Waals surface area contributed by atoms with Crippen LogP contribution in [0.4, 0.5) is 0 Å². The van der Waals surface area contributed by atoms with Crippen molar-refractivity contribution in [2.75, 3.05) is 19.7 Å². The molecule has 0 saturated carbocycles. The van der Waals surface area contributed by atoms with Gasteiger partial charge in [-0.2, -0.15) is 17.4 Å². The molecule has 1 N–H and O–H groups in total. The van der Waals surface area contributed by atoms with E-state index in [9.17, 15) is 8.42 Å². The molecule has 0 bridgehead atoms. The first-order valence-electron chi connectivity index (χ1n) is 6.48. The van der Waals surface area contributed by atoms with E-state index in [0.29, 0.717) is 13.1 Å². The van der Waals surface area contributed by atoms with Crippen molar-refractivity contribution < 1.29 is 13.2 Å². The summed E-state index contributed by atoms with van der Waals surface area (Å²) in [6.45, 7) is 3.93. The molecule has 2 aliphatic heterocycles. The van der Waals surface area contributed by atoms with Crippen LogP contribution >= 0.6 is 0 Å². The molecule has 100 valence electrons. The molecule has 0 spiro atoms. The van der Waals surface area contributed by atoms with E-state index in [1.165, 1.54) is 0 Å². The third kappa shape index (κ3) is 3.40. The lowest BCUT2D eigenvalue weighted by Crippen LogP contribution is -2.49. The van der Waals surface area contributed by atoms with Crippen molar-refractivity contribution in [1.29, 1.82) is 0 Å². The maximum atomic E-state index is 12.1. The van der Waals surface area contributed by atoms with Crippen molar-refractivity contribution in [3.8, 4) is 0 Å². The maximum absolute atomic E-state index is 12.1. The number of nitrogens with one attached hydrogen (secondary N) is 1. The molecule has 6 heteroatoms. The molecule has 2 aliphatic rings. The van der Waals surface area contributed by atoms with Gasteiger partial charge in [-0.1, -0.05) is 6.42 Å². The Kier molecular flexibility index (Phi) is 4.41. The van der Waals surface area contributed by atoms with Crippen LogP contribution in [0.3, 0.4) is 0 Å². The zero-order chi connectivity index (χ0) is 12.3. The SMILES string of the molecule is C[C@@H](NS(=O)(=O)N1CCCCC1)[C@H]1CCCO1. The van der Waals surface area contributed by atoms with Crippen LogP contribution in [-0.4, -0.2) is 44.6 Å². The Morgan fingerprint density at radius 3 is 2.53 bits per heavy atom. The lowest BCUT2D eigenvalue weighted by Gasteiger charge is -2.29. The van der Waals surface area contributed by atoms with Crippen LogP contribution in [0.15, 0.2) is 0 Å². The minimum Gasteiger partial charge on any atom is -0.377 e. The van der Waals surface area contributed by atoms with Crippen LogP contribution in [-0.2, 0) is 14.9 Å². The molecule has 0 aromatic carbocycles. The predicted molar refractivity (Wildman–Crippen MR) is 65.9 cm³/mol. The molecule has 0 unspecified atom stereocenters. The third-order valence-corrected chi connectivity index (χ3v) is 5.23. The largest absolute Gasteiger partial charge is 0.377 e. The smallest absolute Gasteiger partial charge is 0.279 e. The molecule has 2 rings (SSSR count). The Morgan fingerprint density at radius 1 is 1.24 bits per heavy atom. The molecule has 0 amide bonds. The van der Waals surface area contributed by atoms with Gasteiger partial charge in [-0.05, 0) is 32.6 Å². The molecular weight excluding hydrogens is 240 g/mol. The van der Waals surface area contributed by atoms with Gasteiger partial charge in [0.1, 0.15) is 0 Å². The molecule has 0 aromatic heterocycles. The Bertz CT molecular complexity index is 333. The lowest BCUT2D eigenvalue weighted by atomic mass is 10.1. The number of nitrogens with zero attached hydrogens (tertiary/aromatic N) is 1. The van der Waals surface area contributed by atoms with E-state index in [2.05, 4.69) is 4.72 Å². The molecule has 2 atom stereocenters. The highest BCUT2D eigenvalue weighted by molar-refractivity contribution is 7.87. The first-order chi connectivity index (χ1) is 8.09. The average Bonchev–Trinajstić information content (AvgIpc) is 2.83. The van der Waals surface area contributed by atoms with E-state index >= 15 is 0 Å². The summed E-state index contributed by atoms with van der Waals surface area (Å²) >= 11 is 0. The monoisotopic (exact) mass is 262 g/mol. The van der Waals surface area contributed by atoms with Crippen LogP contribution in [0.2, 0.25) is 0 Å². The molecule has 0 aromatic rings. The second-order valence-corrected chi connectivity index (χ2v) is 6.62. The Labute approximate surface area is 104 Å². The number of rotatable bonds is 4. The van der Waals surface area contributed by atoms with Crippen LogP contribution in [0.25, 0.3) is 0 Å². The Morgan fingerprint density at radius 2 is 1.94 bits per heavy atom. The summed E-state index contributed by atoms with van der Waals surface area (Å²) in [5.74, 6) is 0. The minimum absolute atomic E-state index is 0.0366. The highest BCUT2D eigenvalue weighted by atomic mass is 32.2. The fourth-order valence-electron chi connectivity index (χ4n) is 2.49. The Balaban J connectivity index is 1.91. The third-order valence-electron chi connectivity index (χ3n) is 3.51. The summed E-state index contributed by atoms with van der Waals surface area (Å²) in [7, 11) is -3.32. The van der Waals surface area contributed by atoms with Gasteiger partial charge in [0, 0.05) is 25.7 Å². The van der Waals surface area contributed by atoms with Gasteiger partial charge in [0.15, 0.2) is 0 Å². The highest BCUT2D eigenvalue weighted by Gasteiger charge is 2.30. The molecule has 2 fully saturated rings. The van der Waals surface area contributed by atoms with Gasteiger partial charge in [-0.3, -0.25) is 0 Å². The van der Waals surface area contributed by atoms with Gasteiger partial charge in [-0.15, -0.1) is 0 Å². The summed E-state index contributed by atoms with van der Waals surface area (Å²) in [4.78, 5) is 0. The molecule has 0 aliphatic carbocycles. The number of hydrogen-bond acceptors (Lipinski definition) is 3. The number of piperidine rings is 1. The van der Waals surface area contributed by atoms with Gasteiger partial charge in [0.2, 0.25) is 0 Å². The van der Waals surface area contributed by atoms with Crippen LogP contribution in [0, 0.1) is 0 Å². The standard InChI is InChI=1S/C11H22N2O3S/c1-10(11-6-5-9-16-11)12-17(14,15)13-7-3-2-4-8-13/h10-12H,2-9H2,1H3/t10-,11-/m1/s1. The van der Waals surface area contributed by atoms with Crippen molar-refractivity contribution in [1.82, 2.24) is 9.03 Å². The number of ether oxygens (including phenoxy) is 1. The van der Waals surface area contributed by atoms with Crippen molar-refractivity contribution in [3.63, 3.8) is 0 Å². The van der Waals surface area contributed by atoms with Gasteiger partial charge in [0.25, 0.3) is 10.2 Å². The summed E-state index contributed by atoms with van der Waals surface area (Å²) in [5, 5.41) is 0. The lowest BCUT2D eigenvalue weighted by molar-refractivity contribution is 0.0895. The van der Waals surface area contributed by atoms with Crippen molar-refractivity contribution >= 4 is 10.2 Å². The van der Waals surface area contributed by atoms with Gasteiger partial charge in [-0.25, -0.2) is 0 Å². The molecule has 17 heavy (non-hydrogen) atoms. The van der Waals surface area contributed by atoms with Crippen molar-refractivity contribution in [3.05, 3.63) is 0 Å². The van der Waals surface area contributed by atoms with Gasteiger partial charge < -0.3 is 4.74 Å². The van der Waals surface area contributed by atoms with E-state index < -0.39 is 10.2 Å². The predicted octanol–water partition coefficient (Wildman–Crippen LogP) is 0.874. The first kappa shape index (κ1) is 13.3. The summed E-state index contributed by atoms with van der Waals surface area (Å²) in [6, 6.07) is -0.135. The fourth-order valence-corrected chi connectivity index (χ4v) is 4.00. The number of hydrogen-bond donors (Lipinski definition) is 1. The molecular formula is C11H22N2O3S. The molecule has 2 saturated heterocycles. The quantitative estimate of drug-likeness (QED) is 0.818. The topological polar surface area (TPSA) is 58.6 Å².